The van der Waals surface area contributed by atoms with E-state index < -0.39 is 26.4 Å². The number of fused-ring (bicyclic) bond motifs is 1. The van der Waals surface area contributed by atoms with Crippen molar-refractivity contribution in [3.63, 3.8) is 0 Å². The van der Waals surface area contributed by atoms with Crippen molar-refractivity contribution in [3.8, 4) is 0 Å². The Morgan fingerprint density at radius 3 is 2.75 bits per heavy atom. The van der Waals surface area contributed by atoms with Crippen molar-refractivity contribution in [2.45, 2.75) is 30.6 Å². The Bertz CT molecular complexity index is 1360. The molecule has 5 rings (SSSR count). The normalized spacial score (nSPS) is 24.8. The Morgan fingerprint density at radius 2 is 2.03 bits per heavy atom. The van der Waals surface area contributed by atoms with Crippen LogP contribution in [0.2, 0.25) is 0 Å². The van der Waals surface area contributed by atoms with Gasteiger partial charge in [0.25, 0.3) is 0 Å². The Kier molecular flexibility index (Phi) is 4.93. The number of sulfone groups is 1. The molecule has 4 heterocycles. The third-order valence-electron chi connectivity index (χ3n) is 6.28. The summed E-state index contributed by atoms with van der Waals surface area (Å²) in [6.45, 7) is 1.60. The number of nitrogens with zero attached hydrogens (tertiary/aromatic N) is 3. The molecule has 2 fully saturated rings. The molecule has 166 valence electrons. The Hall–Kier alpha value is -2.66. The van der Waals surface area contributed by atoms with E-state index in [-0.39, 0.29) is 23.1 Å². The van der Waals surface area contributed by atoms with Gasteiger partial charge in [-0.15, -0.1) is 0 Å². The number of pyridine rings is 3. The molecular weight excluding hydrogens is 499 g/mol. The van der Waals surface area contributed by atoms with E-state index in [0.29, 0.717) is 17.2 Å². The van der Waals surface area contributed by atoms with Gasteiger partial charge in [0.15, 0.2) is 15.7 Å². The Morgan fingerprint density at radius 1 is 1.25 bits per heavy atom. The van der Waals surface area contributed by atoms with Crippen LogP contribution in [0.15, 0.2) is 41.3 Å². The van der Waals surface area contributed by atoms with Crippen molar-refractivity contribution in [1.82, 2.24) is 20.3 Å². The summed E-state index contributed by atoms with van der Waals surface area (Å²) in [4.78, 5) is 12.8. The molecule has 3 aromatic rings. The predicted octanol–water partition coefficient (Wildman–Crippen LogP) is 3.88. The summed E-state index contributed by atoms with van der Waals surface area (Å²) in [7, 11) is -3.65. The number of halogens is 2. The zero-order valence-corrected chi connectivity index (χ0v) is 19.5. The minimum atomic E-state index is -3.65. The number of aromatic nitrogens is 3. The summed E-state index contributed by atoms with van der Waals surface area (Å²) in [5.74, 6) is -0.319. The van der Waals surface area contributed by atoms with E-state index in [9.17, 15) is 12.8 Å². The second-order valence-electron chi connectivity index (χ2n) is 8.34. The average Bonchev–Trinajstić information content (AvgIpc) is 3.58. The monoisotopic (exact) mass is 518 g/mol. The molecule has 3 N–H and O–H groups in total. The first-order valence-electron chi connectivity index (χ1n) is 10.1. The second kappa shape index (κ2) is 7.45. The molecule has 2 atom stereocenters. The van der Waals surface area contributed by atoms with Crippen LogP contribution in [0, 0.1) is 17.1 Å². The van der Waals surface area contributed by atoms with E-state index in [1.165, 1.54) is 6.07 Å². The van der Waals surface area contributed by atoms with Crippen LogP contribution < -0.4 is 10.6 Å². The smallest absolute Gasteiger partial charge is 0.165 e. The lowest BCUT2D eigenvalue weighted by Crippen LogP contribution is -2.59. The molecule has 0 radical (unpaired) electrons. The number of rotatable bonds is 4. The lowest BCUT2D eigenvalue weighted by atomic mass is 10.0. The van der Waals surface area contributed by atoms with Gasteiger partial charge >= 0.3 is 0 Å². The fraction of sp³-hybridized carbons (Fsp3) is 0.333. The van der Waals surface area contributed by atoms with Gasteiger partial charge < -0.3 is 10.6 Å². The third-order valence-corrected chi connectivity index (χ3v) is 9.31. The highest BCUT2D eigenvalue weighted by Crippen LogP contribution is 2.47. The van der Waals surface area contributed by atoms with Crippen LogP contribution in [0.1, 0.15) is 31.4 Å². The minimum Gasteiger partial charge on any atom is -0.365 e. The van der Waals surface area contributed by atoms with Gasteiger partial charge in [-0.05, 0) is 59.8 Å². The first-order valence-corrected chi connectivity index (χ1v) is 12.5. The van der Waals surface area contributed by atoms with E-state index in [1.807, 2.05) is 12.1 Å². The van der Waals surface area contributed by atoms with E-state index in [4.69, 9.17) is 5.41 Å². The summed E-state index contributed by atoms with van der Waals surface area (Å²) in [6, 6.07) is 4.30. The first kappa shape index (κ1) is 21.2. The highest BCUT2D eigenvalue weighted by molar-refractivity contribution is 9.10. The summed E-state index contributed by atoms with van der Waals surface area (Å²) < 4.78 is 40.5. The standard InChI is InChI=1S/C21H20BrFN6O2S/c1-21(12-2-3-12)20(24)28-16(10-32(21,30)31)14-7-17(26-9-15(14)23)29-19-18-11(4-5-25-19)6-13(22)8-27-18/h4-9,12,16H,2-3,10H2,1H3,(H2,24,28)(H,25,26,29)/t16-,21-/m0/s1. The number of amidine groups is 1. The molecule has 1 saturated carbocycles. The van der Waals surface area contributed by atoms with Gasteiger partial charge in [0.05, 0.1) is 18.0 Å². The van der Waals surface area contributed by atoms with Crippen LogP contribution in [0.4, 0.5) is 16.0 Å². The Labute approximate surface area is 192 Å². The summed E-state index contributed by atoms with van der Waals surface area (Å²) in [5.41, 5.74) is 0.744. The van der Waals surface area contributed by atoms with Crippen molar-refractivity contribution < 1.29 is 12.8 Å². The average molecular weight is 519 g/mol. The third kappa shape index (κ3) is 3.43. The molecule has 11 heteroatoms. The number of nitrogens with one attached hydrogen (secondary N) is 3. The van der Waals surface area contributed by atoms with Crippen LogP contribution in [-0.2, 0) is 9.84 Å². The first-order chi connectivity index (χ1) is 15.2. The van der Waals surface area contributed by atoms with Crippen molar-refractivity contribution >= 4 is 54.1 Å². The molecule has 3 aromatic heterocycles. The molecule has 0 bridgehead atoms. The molecule has 8 nitrogen and oxygen atoms in total. The fourth-order valence-corrected chi connectivity index (χ4v) is 6.71. The SMILES string of the molecule is C[C@]1(C2CC2)C(=N)N[C@H](c2cc(Nc3nccc4cc(Br)cnc34)ncc2F)CS1(=O)=O. The maximum Gasteiger partial charge on any atom is 0.165 e. The zero-order chi connectivity index (χ0) is 22.7. The quantitative estimate of drug-likeness (QED) is 0.479. The van der Waals surface area contributed by atoms with Crippen LogP contribution >= 0.6 is 15.9 Å². The maximum atomic E-state index is 14.7. The van der Waals surface area contributed by atoms with E-state index in [0.717, 1.165) is 28.9 Å². The lowest BCUT2D eigenvalue weighted by molar-refractivity contribution is 0.501. The molecule has 1 aliphatic carbocycles. The van der Waals surface area contributed by atoms with Crippen molar-refractivity contribution in [3.05, 3.63) is 52.6 Å². The minimum absolute atomic E-state index is 0.0575. The van der Waals surface area contributed by atoms with Crippen LogP contribution in [0.25, 0.3) is 10.9 Å². The van der Waals surface area contributed by atoms with E-state index >= 15 is 0 Å². The second-order valence-corrected chi connectivity index (χ2v) is 11.7. The van der Waals surface area contributed by atoms with Crippen molar-refractivity contribution in [2.24, 2.45) is 5.92 Å². The van der Waals surface area contributed by atoms with Gasteiger partial charge in [-0.1, -0.05) is 0 Å². The van der Waals surface area contributed by atoms with Crippen molar-refractivity contribution in [2.75, 3.05) is 11.1 Å². The van der Waals surface area contributed by atoms with Gasteiger partial charge in [-0.25, -0.2) is 22.8 Å². The van der Waals surface area contributed by atoms with Gasteiger partial charge in [0.2, 0.25) is 0 Å². The highest BCUT2D eigenvalue weighted by Gasteiger charge is 2.57. The zero-order valence-electron chi connectivity index (χ0n) is 17.1. The summed E-state index contributed by atoms with van der Waals surface area (Å²) >= 11 is 3.39. The fourth-order valence-electron chi connectivity index (χ4n) is 4.20. The topological polar surface area (TPSA) is 121 Å². The van der Waals surface area contributed by atoms with Crippen LogP contribution in [-0.4, -0.2) is 39.7 Å². The van der Waals surface area contributed by atoms with E-state index in [2.05, 4.69) is 41.5 Å². The molecule has 0 spiro atoms. The van der Waals surface area contributed by atoms with Gasteiger partial charge in [-0.3, -0.25) is 10.4 Å². The lowest BCUT2D eigenvalue weighted by Gasteiger charge is -2.39. The highest BCUT2D eigenvalue weighted by atomic mass is 79.9. The molecule has 1 aliphatic heterocycles. The van der Waals surface area contributed by atoms with Crippen molar-refractivity contribution in [1.29, 1.82) is 5.41 Å². The summed E-state index contributed by atoms with van der Waals surface area (Å²) in [5, 5.41) is 15.2. The number of anilines is 2. The summed E-state index contributed by atoms with van der Waals surface area (Å²) in [6.07, 6.45) is 5.88. The largest absolute Gasteiger partial charge is 0.365 e. The van der Waals surface area contributed by atoms with Gasteiger partial charge in [-0.2, -0.15) is 0 Å². The number of hydrogen-bond donors (Lipinski definition) is 3. The molecule has 32 heavy (non-hydrogen) atoms. The maximum absolute atomic E-state index is 14.7. The molecule has 1 saturated heterocycles. The molecule has 0 unspecified atom stereocenters. The van der Waals surface area contributed by atoms with Gasteiger partial charge in [0, 0.05) is 27.8 Å². The van der Waals surface area contributed by atoms with E-state index in [1.54, 1.807) is 19.3 Å². The Balaban J connectivity index is 1.47. The van der Waals surface area contributed by atoms with Crippen LogP contribution in [0.3, 0.4) is 0 Å². The number of hydrogen-bond acceptors (Lipinski definition) is 7. The molecule has 0 amide bonds. The molecule has 2 aliphatic rings. The molecular formula is C21H20BrFN6O2S. The predicted molar refractivity (Wildman–Crippen MR) is 123 cm³/mol. The molecule has 0 aromatic carbocycles. The van der Waals surface area contributed by atoms with Gasteiger partial charge in [0.1, 0.15) is 27.7 Å². The van der Waals surface area contributed by atoms with Crippen LogP contribution in [0.5, 0.6) is 0 Å².